The molecule has 4 saturated heterocycles. The Morgan fingerprint density at radius 1 is 1.06 bits per heavy atom. The minimum atomic E-state index is -0.235. The van der Waals surface area contributed by atoms with E-state index in [1.165, 1.54) is 5.56 Å². The molecule has 3 heteroatoms. The number of ketones is 1. The number of hydrogen-bond acceptors (Lipinski definition) is 3. The Morgan fingerprint density at radius 2 is 1.71 bits per heavy atom. The summed E-state index contributed by atoms with van der Waals surface area (Å²) in [5.41, 5.74) is 0.977. The highest BCUT2D eigenvalue weighted by molar-refractivity contribution is 5.95. The second-order valence-corrected chi connectivity index (χ2v) is 5.67. The quantitative estimate of drug-likeness (QED) is 0.707. The van der Waals surface area contributed by atoms with Crippen LogP contribution in [0.5, 0.6) is 0 Å². The van der Waals surface area contributed by atoms with E-state index in [1.54, 1.807) is 0 Å². The molecule has 1 aromatic rings. The summed E-state index contributed by atoms with van der Waals surface area (Å²) >= 11 is 0. The molecule has 0 amide bonds. The third kappa shape index (κ3) is 1.21. The molecule has 4 aliphatic heterocycles. The molecular weight excluding hydrogens is 212 g/mol. The lowest BCUT2D eigenvalue weighted by Gasteiger charge is -2.58. The van der Waals surface area contributed by atoms with E-state index < -0.39 is 0 Å². The highest BCUT2D eigenvalue weighted by Crippen LogP contribution is 2.41. The van der Waals surface area contributed by atoms with E-state index in [4.69, 9.17) is 0 Å². The van der Waals surface area contributed by atoms with Gasteiger partial charge in [0.25, 0.3) is 0 Å². The van der Waals surface area contributed by atoms with Crippen molar-refractivity contribution >= 4 is 5.78 Å². The maximum absolute atomic E-state index is 12.6. The van der Waals surface area contributed by atoms with Crippen LogP contribution in [0.1, 0.15) is 5.56 Å². The van der Waals surface area contributed by atoms with E-state index >= 15 is 0 Å². The lowest BCUT2D eigenvalue weighted by molar-refractivity contribution is -0.153. The number of rotatable bonds is 1. The molecule has 88 valence electrons. The lowest BCUT2D eigenvalue weighted by atomic mass is 9.65. The summed E-state index contributed by atoms with van der Waals surface area (Å²) < 4.78 is 0. The highest BCUT2D eigenvalue weighted by atomic mass is 16.1. The van der Waals surface area contributed by atoms with Crippen molar-refractivity contribution in [1.29, 1.82) is 0 Å². The van der Waals surface area contributed by atoms with Gasteiger partial charge < -0.3 is 0 Å². The van der Waals surface area contributed by atoms with Gasteiger partial charge in [0.2, 0.25) is 0 Å². The van der Waals surface area contributed by atoms with Gasteiger partial charge in [-0.3, -0.25) is 14.6 Å². The second-order valence-electron chi connectivity index (χ2n) is 5.67. The zero-order valence-electron chi connectivity index (χ0n) is 9.80. The van der Waals surface area contributed by atoms with Crippen LogP contribution in [0.2, 0.25) is 0 Å². The molecule has 0 spiro atoms. The van der Waals surface area contributed by atoms with Crippen molar-refractivity contribution in [2.24, 2.45) is 5.92 Å². The molecule has 0 N–H and O–H groups in total. The fourth-order valence-corrected chi connectivity index (χ4v) is 3.92. The molecule has 0 radical (unpaired) electrons. The zero-order chi connectivity index (χ0) is 11.5. The van der Waals surface area contributed by atoms with Crippen LogP contribution < -0.4 is 0 Å². The first-order chi connectivity index (χ1) is 8.28. The van der Waals surface area contributed by atoms with Crippen LogP contribution >= 0.6 is 0 Å². The van der Waals surface area contributed by atoms with E-state index in [0.29, 0.717) is 5.78 Å². The van der Waals surface area contributed by atoms with Crippen LogP contribution in [0, 0.1) is 5.92 Å². The van der Waals surface area contributed by atoms with Crippen molar-refractivity contribution in [3.8, 4) is 0 Å². The monoisotopic (exact) mass is 228 g/mol. The smallest absolute Gasteiger partial charge is 0.151 e. The summed E-state index contributed by atoms with van der Waals surface area (Å²) in [4.78, 5) is 17.5. The summed E-state index contributed by atoms with van der Waals surface area (Å²) in [6.45, 7) is 4.85. The summed E-state index contributed by atoms with van der Waals surface area (Å²) in [5, 5.41) is 0. The largest absolute Gasteiger partial charge is 0.298 e. The van der Waals surface area contributed by atoms with Crippen molar-refractivity contribution in [3.05, 3.63) is 35.9 Å². The van der Waals surface area contributed by atoms with Crippen molar-refractivity contribution in [3.63, 3.8) is 0 Å². The first-order valence-corrected chi connectivity index (χ1v) is 6.32. The van der Waals surface area contributed by atoms with Gasteiger partial charge in [0, 0.05) is 32.1 Å². The Balaban J connectivity index is 1.84. The van der Waals surface area contributed by atoms with Crippen LogP contribution in [-0.2, 0) is 10.2 Å². The van der Waals surface area contributed by atoms with Crippen LogP contribution in [0.3, 0.4) is 0 Å². The number of carbonyl (C=O) groups excluding carboxylic acids is 1. The SMILES string of the molecule is O=C1C2CN3CN(C2)CC1(c1ccccc1)C3. The summed E-state index contributed by atoms with van der Waals surface area (Å²) in [7, 11) is 0. The van der Waals surface area contributed by atoms with Gasteiger partial charge in [0.05, 0.1) is 12.1 Å². The fourth-order valence-electron chi connectivity index (χ4n) is 3.92. The van der Waals surface area contributed by atoms with E-state index in [1.807, 2.05) is 18.2 Å². The van der Waals surface area contributed by atoms with E-state index in [-0.39, 0.29) is 11.3 Å². The van der Waals surface area contributed by atoms with Crippen LogP contribution in [0.25, 0.3) is 0 Å². The Labute approximate surface area is 101 Å². The molecule has 0 saturated carbocycles. The lowest BCUT2D eigenvalue weighted by Crippen LogP contribution is -2.73. The molecule has 0 aliphatic carbocycles. The molecule has 1 aromatic carbocycles. The maximum Gasteiger partial charge on any atom is 0.151 e. The molecule has 3 nitrogen and oxygen atoms in total. The van der Waals surface area contributed by atoms with E-state index in [0.717, 1.165) is 32.8 Å². The number of benzene rings is 1. The van der Waals surface area contributed by atoms with Crippen molar-refractivity contribution < 1.29 is 4.79 Å². The first kappa shape index (κ1) is 9.80. The zero-order valence-corrected chi connectivity index (χ0v) is 9.80. The first-order valence-electron chi connectivity index (χ1n) is 6.32. The summed E-state index contributed by atoms with van der Waals surface area (Å²) in [6, 6.07) is 10.4. The Hall–Kier alpha value is -1.19. The highest BCUT2D eigenvalue weighted by Gasteiger charge is 2.56. The van der Waals surface area contributed by atoms with Crippen molar-refractivity contribution in [2.45, 2.75) is 5.41 Å². The standard InChI is InChI=1S/C14H16N2O/c17-13-11-6-15-8-14(13,9-16(7-11)10-15)12-4-2-1-3-5-12/h1-5,11H,6-10H2. The molecule has 4 aliphatic rings. The normalized spacial score (nSPS) is 43.1. The molecule has 2 unspecified atom stereocenters. The Morgan fingerprint density at radius 3 is 2.35 bits per heavy atom. The molecule has 5 rings (SSSR count). The van der Waals surface area contributed by atoms with Gasteiger partial charge >= 0.3 is 0 Å². The number of Topliss-reactive ketones (excluding diaryl/α,β-unsaturated/α-hetero) is 1. The van der Waals surface area contributed by atoms with Crippen LogP contribution in [0.4, 0.5) is 0 Å². The summed E-state index contributed by atoms with van der Waals surface area (Å²) in [6.07, 6.45) is 0. The number of nitrogens with zero attached hydrogens (tertiary/aromatic N) is 2. The summed E-state index contributed by atoms with van der Waals surface area (Å²) in [5.74, 6) is 0.724. The molecule has 4 fully saturated rings. The van der Waals surface area contributed by atoms with Gasteiger partial charge in [-0.05, 0) is 5.56 Å². The van der Waals surface area contributed by atoms with Crippen LogP contribution in [0.15, 0.2) is 30.3 Å². The molecule has 2 atom stereocenters. The predicted molar refractivity (Wildman–Crippen MR) is 64.6 cm³/mol. The topological polar surface area (TPSA) is 23.6 Å². The van der Waals surface area contributed by atoms with E-state index in [9.17, 15) is 4.79 Å². The van der Waals surface area contributed by atoms with Gasteiger partial charge in [-0.15, -0.1) is 0 Å². The van der Waals surface area contributed by atoms with Gasteiger partial charge in [-0.2, -0.15) is 0 Å². The molecule has 17 heavy (non-hydrogen) atoms. The molecule has 0 aromatic heterocycles. The van der Waals surface area contributed by atoms with Crippen LogP contribution in [-0.4, -0.2) is 48.4 Å². The fraction of sp³-hybridized carbons (Fsp3) is 0.500. The third-order valence-electron chi connectivity index (χ3n) is 4.51. The van der Waals surface area contributed by atoms with Gasteiger partial charge in [0.15, 0.2) is 5.78 Å². The average molecular weight is 228 g/mol. The minimum absolute atomic E-state index is 0.235. The number of piperidine rings is 2. The Kier molecular flexibility index (Phi) is 1.83. The van der Waals surface area contributed by atoms with Gasteiger partial charge in [-0.1, -0.05) is 30.3 Å². The average Bonchev–Trinajstić information content (AvgIpc) is 2.36. The Bertz CT molecular complexity index is 456. The van der Waals surface area contributed by atoms with Gasteiger partial charge in [0.1, 0.15) is 0 Å². The van der Waals surface area contributed by atoms with Gasteiger partial charge in [-0.25, -0.2) is 0 Å². The number of carbonyl (C=O) groups is 1. The van der Waals surface area contributed by atoms with E-state index in [2.05, 4.69) is 21.9 Å². The maximum atomic E-state index is 12.6. The molecular formula is C14H16N2O. The minimum Gasteiger partial charge on any atom is -0.298 e. The molecule has 4 heterocycles. The third-order valence-corrected chi connectivity index (χ3v) is 4.51. The predicted octanol–water partition coefficient (Wildman–Crippen LogP) is 0.712. The molecule has 4 bridgehead atoms. The number of hydrogen-bond donors (Lipinski definition) is 0. The second kappa shape index (κ2) is 3.18. The van der Waals surface area contributed by atoms with Crippen molar-refractivity contribution in [1.82, 2.24) is 9.80 Å². The van der Waals surface area contributed by atoms with Crippen molar-refractivity contribution in [2.75, 3.05) is 32.8 Å².